The number of nitrogens with zero attached hydrogens (tertiary/aromatic N) is 1. The van der Waals surface area contributed by atoms with Gasteiger partial charge in [-0.05, 0) is 44.1 Å². The number of fused-ring (bicyclic) bond motifs is 3. The highest BCUT2D eigenvalue weighted by molar-refractivity contribution is 7.99. The van der Waals surface area contributed by atoms with Gasteiger partial charge in [-0.25, -0.2) is 4.98 Å². The molecule has 2 atom stereocenters. The fourth-order valence-electron chi connectivity index (χ4n) is 3.35. The monoisotopic (exact) mass is 379 g/mol. The number of thiophene rings is 1. The Bertz CT molecular complexity index is 828. The van der Waals surface area contributed by atoms with Crippen LogP contribution in [0.2, 0.25) is 0 Å². The number of carbonyl (C=O) groups is 1. The van der Waals surface area contributed by atoms with Gasteiger partial charge in [-0.1, -0.05) is 32.0 Å². The summed E-state index contributed by atoms with van der Waals surface area (Å²) < 4.78 is 0. The number of thioether (sulfide) groups is 1. The Labute approximate surface area is 156 Å². The molecule has 1 aliphatic carbocycles. The summed E-state index contributed by atoms with van der Waals surface area (Å²) in [7, 11) is 0. The Morgan fingerprint density at radius 1 is 1.52 bits per heavy atom. The van der Waals surface area contributed by atoms with Crippen molar-refractivity contribution in [2.75, 3.05) is 5.75 Å². The number of aromatic nitrogens is 2. The number of aryl methyl sites for hydroxylation is 1. The summed E-state index contributed by atoms with van der Waals surface area (Å²) in [5.74, 6) is 0.917. The van der Waals surface area contributed by atoms with Gasteiger partial charge in [0.1, 0.15) is 4.83 Å². The normalized spacial score (nSPS) is 18.1. The predicted octanol–water partition coefficient (Wildman–Crippen LogP) is 3.51. The van der Waals surface area contributed by atoms with E-state index in [4.69, 9.17) is 0 Å². The van der Waals surface area contributed by atoms with E-state index in [-0.39, 0.29) is 23.3 Å². The van der Waals surface area contributed by atoms with Crippen LogP contribution in [0.1, 0.15) is 50.5 Å². The molecule has 3 rings (SSSR count). The topological polar surface area (TPSA) is 74.8 Å². The molecular weight excluding hydrogens is 354 g/mol. The molecule has 0 bridgehead atoms. The molecule has 1 aliphatic rings. The molecule has 0 saturated carbocycles. The van der Waals surface area contributed by atoms with Crippen molar-refractivity contribution >= 4 is 39.2 Å². The zero-order valence-electron chi connectivity index (χ0n) is 15.0. The van der Waals surface area contributed by atoms with E-state index in [1.54, 1.807) is 11.3 Å². The summed E-state index contributed by atoms with van der Waals surface area (Å²) in [5, 5.41) is 4.26. The van der Waals surface area contributed by atoms with Crippen LogP contribution in [0.15, 0.2) is 9.95 Å². The Balaban J connectivity index is 1.73. The Hall–Kier alpha value is -1.34. The molecule has 7 heteroatoms. The quantitative estimate of drug-likeness (QED) is 0.595. The minimum Gasteiger partial charge on any atom is -0.353 e. The van der Waals surface area contributed by atoms with Crippen molar-refractivity contribution in [1.82, 2.24) is 15.3 Å². The van der Waals surface area contributed by atoms with Crippen LogP contribution in [0, 0.1) is 5.92 Å². The number of aromatic amines is 1. The van der Waals surface area contributed by atoms with Crippen LogP contribution in [-0.4, -0.2) is 27.7 Å². The van der Waals surface area contributed by atoms with Crippen LogP contribution < -0.4 is 10.9 Å². The van der Waals surface area contributed by atoms with Crippen molar-refractivity contribution in [3.63, 3.8) is 0 Å². The molecule has 2 aromatic heterocycles. The van der Waals surface area contributed by atoms with E-state index in [0.717, 1.165) is 42.3 Å². The molecule has 1 amide bonds. The zero-order chi connectivity index (χ0) is 18.0. The fraction of sp³-hybridized carbons (Fsp3) is 0.611. The van der Waals surface area contributed by atoms with Crippen molar-refractivity contribution in [3.05, 3.63) is 20.8 Å². The average Bonchev–Trinajstić information content (AvgIpc) is 2.90. The molecule has 25 heavy (non-hydrogen) atoms. The minimum absolute atomic E-state index is 0.0204. The maximum Gasteiger partial charge on any atom is 0.260 e. The summed E-state index contributed by atoms with van der Waals surface area (Å²) in [5.41, 5.74) is 1.12. The molecule has 0 radical (unpaired) electrons. The molecule has 0 spiro atoms. The van der Waals surface area contributed by atoms with Crippen molar-refractivity contribution in [1.29, 1.82) is 0 Å². The summed E-state index contributed by atoms with van der Waals surface area (Å²) in [6, 6.07) is 0.179. The first-order valence-electron chi connectivity index (χ1n) is 8.94. The van der Waals surface area contributed by atoms with E-state index in [1.165, 1.54) is 22.2 Å². The number of rotatable bonds is 6. The lowest BCUT2D eigenvalue weighted by molar-refractivity contribution is -0.119. The standard InChI is InChI=1S/C18H25N3O2S2/c1-4-5-11(3)19-14(22)9-24-18-20-16(23)15-12-7-6-10(2)8-13(12)25-17(15)21-18/h10-11H,4-9H2,1-3H3,(H,19,22)(H,20,21,23)/t10-,11+/m1/s1. The van der Waals surface area contributed by atoms with E-state index in [2.05, 4.69) is 29.1 Å². The number of H-pyrrole nitrogens is 1. The molecule has 2 aromatic rings. The minimum atomic E-state index is -0.0701. The van der Waals surface area contributed by atoms with Crippen molar-refractivity contribution < 1.29 is 4.79 Å². The SMILES string of the molecule is CCC[C@H](C)NC(=O)CSc1nc2sc3c(c2c(=O)[nH]1)CC[C@@H](C)C3. The van der Waals surface area contributed by atoms with Gasteiger partial charge in [0.15, 0.2) is 5.16 Å². The highest BCUT2D eigenvalue weighted by Gasteiger charge is 2.23. The maximum absolute atomic E-state index is 12.5. The second-order valence-electron chi connectivity index (χ2n) is 6.95. The van der Waals surface area contributed by atoms with Gasteiger partial charge in [0.25, 0.3) is 5.56 Å². The molecule has 0 saturated heterocycles. The lowest BCUT2D eigenvalue weighted by atomic mass is 9.89. The molecule has 2 heterocycles. The molecule has 136 valence electrons. The molecule has 0 aromatic carbocycles. The van der Waals surface area contributed by atoms with Crippen molar-refractivity contribution in [3.8, 4) is 0 Å². The van der Waals surface area contributed by atoms with Gasteiger partial charge in [-0.2, -0.15) is 0 Å². The maximum atomic E-state index is 12.5. The van der Waals surface area contributed by atoms with E-state index in [0.29, 0.717) is 11.1 Å². The Morgan fingerprint density at radius 3 is 3.08 bits per heavy atom. The number of nitrogens with one attached hydrogen (secondary N) is 2. The smallest absolute Gasteiger partial charge is 0.260 e. The molecular formula is C18H25N3O2S2. The largest absolute Gasteiger partial charge is 0.353 e. The second kappa shape index (κ2) is 7.91. The van der Waals surface area contributed by atoms with Crippen LogP contribution >= 0.6 is 23.1 Å². The molecule has 0 unspecified atom stereocenters. The average molecular weight is 380 g/mol. The van der Waals surface area contributed by atoms with Crippen LogP contribution in [0.4, 0.5) is 0 Å². The summed E-state index contributed by atoms with van der Waals surface area (Å²) >= 11 is 2.93. The first-order valence-corrected chi connectivity index (χ1v) is 10.7. The lowest BCUT2D eigenvalue weighted by Crippen LogP contribution is -2.33. The molecule has 2 N–H and O–H groups in total. The third-order valence-electron chi connectivity index (χ3n) is 4.61. The molecule has 0 fully saturated rings. The van der Waals surface area contributed by atoms with Gasteiger partial charge in [0.05, 0.1) is 11.1 Å². The van der Waals surface area contributed by atoms with Gasteiger partial charge < -0.3 is 10.3 Å². The van der Waals surface area contributed by atoms with Crippen LogP contribution in [-0.2, 0) is 17.6 Å². The third-order valence-corrected chi connectivity index (χ3v) is 6.63. The van der Waals surface area contributed by atoms with E-state index in [9.17, 15) is 9.59 Å². The van der Waals surface area contributed by atoms with E-state index >= 15 is 0 Å². The van der Waals surface area contributed by atoms with Gasteiger partial charge in [-0.3, -0.25) is 9.59 Å². The summed E-state index contributed by atoms with van der Waals surface area (Å²) in [6.45, 7) is 6.36. The van der Waals surface area contributed by atoms with E-state index < -0.39 is 0 Å². The van der Waals surface area contributed by atoms with Crippen LogP contribution in [0.3, 0.4) is 0 Å². The third kappa shape index (κ3) is 4.26. The van der Waals surface area contributed by atoms with Crippen LogP contribution in [0.5, 0.6) is 0 Å². The first-order chi connectivity index (χ1) is 12.0. The zero-order valence-corrected chi connectivity index (χ0v) is 16.6. The highest BCUT2D eigenvalue weighted by atomic mass is 32.2. The fourth-order valence-corrected chi connectivity index (χ4v) is 5.47. The Morgan fingerprint density at radius 2 is 2.32 bits per heavy atom. The number of hydrogen-bond acceptors (Lipinski definition) is 5. The number of carbonyl (C=O) groups excluding carboxylic acids is 1. The van der Waals surface area contributed by atoms with Crippen LogP contribution in [0.25, 0.3) is 10.2 Å². The highest BCUT2D eigenvalue weighted by Crippen LogP contribution is 2.36. The number of hydrogen-bond donors (Lipinski definition) is 2. The van der Waals surface area contributed by atoms with Gasteiger partial charge in [0, 0.05) is 10.9 Å². The molecule has 5 nitrogen and oxygen atoms in total. The predicted molar refractivity (Wildman–Crippen MR) is 105 cm³/mol. The first kappa shape index (κ1) is 18.5. The summed E-state index contributed by atoms with van der Waals surface area (Å²) in [4.78, 5) is 34.1. The summed E-state index contributed by atoms with van der Waals surface area (Å²) in [6.07, 6.45) is 5.14. The van der Waals surface area contributed by atoms with Gasteiger partial charge in [-0.15, -0.1) is 11.3 Å². The number of amides is 1. The lowest BCUT2D eigenvalue weighted by Gasteiger charge is -2.17. The van der Waals surface area contributed by atoms with Gasteiger partial charge >= 0.3 is 0 Å². The Kier molecular flexibility index (Phi) is 5.84. The van der Waals surface area contributed by atoms with Crippen molar-refractivity contribution in [2.45, 2.75) is 64.1 Å². The van der Waals surface area contributed by atoms with Gasteiger partial charge in [0.2, 0.25) is 5.91 Å². The molecule has 0 aliphatic heterocycles. The van der Waals surface area contributed by atoms with Crippen molar-refractivity contribution in [2.24, 2.45) is 5.92 Å². The second-order valence-corrected chi connectivity index (χ2v) is 9.00. The van der Waals surface area contributed by atoms with E-state index in [1.807, 2.05) is 6.92 Å².